The molecule has 172 valence electrons. The first kappa shape index (κ1) is 28.2. The van der Waals surface area contributed by atoms with E-state index in [1.54, 1.807) is 4.90 Å². The number of amides is 1. The molecule has 8 heteroatoms. The number of halogens is 1. The smallest absolute Gasteiger partial charge is 0.410 e. The highest BCUT2D eigenvalue weighted by Crippen LogP contribution is 2.17. The highest BCUT2D eigenvalue weighted by Gasteiger charge is 2.28. The van der Waals surface area contributed by atoms with Crippen molar-refractivity contribution in [1.29, 1.82) is 0 Å². The number of aliphatic imine (C=N–C) groups is 1. The molecule has 2 atom stereocenters. The molecule has 0 aliphatic carbocycles. The maximum atomic E-state index is 12.4. The van der Waals surface area contributed by atoms with Gasteiger partial charge in [0, 0.05) is 38.8 Å². The second-order valence-corrected chi connectivity index (χ2v) is 9.14. The number of ether oxygens (including phenoxy) is 1. The number of aliphatic hydroxyl groups is 1. The van der Waals surface area contributed by atoms with Crippen LogP contribution >= 0.6 is 24.0 Å². The quantitative estimate of drug-likeness (QED) is 0.256. The molecule has 1 aliphatic heterocycles. The average molecular weight is 527 g/mol. The summed E-state index contributed by atoms with van der Waals surface area (Å²) in [5, 5.41) is 16.1. The summed E-state index contributed by atoms with van der Waals surface area (Å²) in [7, 11) is 0. The fraction of sp³-hybridized carbons (Fsp3) is 0.905. The van der Waals surface area contributed by atoms with Gasteiger partial charge in [-0.1, -0.05) is 13.8 Å². The Morgan fingerprint density at radius 3 is 2.59 bits per heavy atom. The number of carbonyl (C=O) groups is 1. The van der Waals surface area contributed by atoms with Crippen LogP contribution in [0.5, 0.6) is 0 Å². The number of nitrogens with one attached hydrogen (secondary N) is 2. The van der Waals surface area contributed by atoms with Crippen molar-refractivity contribution in [3.05, 3.63) is 0 Å². The largest absolute Gasteiger partial charge is 0.444 e. The Labute approximate surface area is 194 Å². The molecule has 29 heavy (non-hydrogen) atoms. The summed E-state index contributed by atoms with van der Waals surface area (Å²) in [6, 6.07) is 0.153. The third kappa shape index (κ3) is 12.5. The number of piperidine rings is 1. The standard InChI is InChI=1S/C21H42N4O3.HI/c1-7-22-19(23-14-17(10-12-26)13-16(2)3)24-18-9-8-11-25(15-18)20(27)28-21(4,5)6;/h16-18,26H,7-15H2,1-6H3,(H2,22,23,24);1H. The molecule has 2 unspecified atom stereocenters. The van der Waals surface area contributed by atoms with Crippen molar-refractivity contribution in [3.8, 4) is 0 Å². The molecule has 1 fully saturated rings. The summed E-state index contributed by atoms with van der Waals surface area (Å²) in [5.74, 6) is 1.75. The molecule has 0 spiro atoms. The Morgan fingerprint density at radius 1 is 1.34 bits per heavy atom. The van der Waals surface area contributed by atoms with E-state index in [9.17, 15) is 9.90 Å². The SMILES string of the molecule is CCNC(=NCC(CCO)CC(C)C)NC1CCCN(C(=O)OC(C)(C)C)C1.I. The maximum Gasteiger partial charge on any atom is 0.410 e. The fourth-order valence-corrected chi connectivity index (χ4v) is 3.45. The van der Waals surface area contributed by atoms with Crippen molar-refractivity contribution in [2.75, 3.05) is 32.8 Å². The molecule has 0 bridgehead atoms. The molecular weight excluding hydrogens is 483 g/mol. The van der Waals surface area contributed by atoms with Crippen LogP contribution in [-0.2, 0) is 4.74 Å². The van der Waals surface area contributed by atoms with E-state index in [1.807, 2.05) is 27.7 Å². The van der Waals surface area contributed by atoms with Gasteiger partial charge in [-0.15, -0.1) is 24.0 Å². The highest BCUT2D eigenvalue weighted by molar-refractivity contribution is 14.0. The Morgan fingerprint density at radius 2 is 2.03 bits per heavy atom. The van der Waals surface area contributed by atoms with E-state index in [2.05, 4.69) is 24.5 Å². The number of guanidine groups is 1. The number of nitrogens with zero attached hydrogens (tertiary/aromatic N) is 2. The van der Waals surface area contributed by atoms with Crippen LogP contribution in [0.2, 0.25) is 0 Å². The minimum absolute atomic E-state index is 0. The summed E-state index contributed by atoms with van der Waals surface area (Å²) in [5.41, 5.74) is -0.480. The van der Waals surface area contributed by atoms with Crippen molar-refractivity contribution in [3.63, 3.8) is 0 Å². The van der Waals surface area contributed by atoms with Gasteiger partial charge in [0.25, 0.3) is 0 Å². The predicted octanol–water partition coefficient (Wildman–Crippen LogP) is 3.60. The number of hydrogen-bond donors (Lipinski definition) is 3. The van der Waals surface area contributed by atoms with Crippen molar-refractivity contribution in [2.45, 2.75) is 78.9 Å². The summed E-state index contributed by atoms with van der Waals surface area (Å²) in [6.45, 7) is 15.1. The number of hydrogen-bond acceptors (Lipinski definition) is 4. The summed E-state index contributed by atoms with van der Waals surface area (Å²) < 4.78 is 5.51. The Hall–Kier alpha value is -0.770. The summed E-state index contributed by atoms with van der Waals surface area (Å²) in [4.78, 5) is 18.9. The molecule has 1 amide bonds. The van der Waals surface area contributed by atoms with Gasteiger partial charge in [0.2, 0.25) is 0 Å². The van der Waals surface area contributed by atoms with Crippen molar-refractivity contribution in [2.24, 2.45) is 16.8 Å². The van der Waals surface area contributed by atoms with E-state index in [0.29, 0.717) is 24.9 Å². The van der Waals surface area contributed by atoms with Crippen LogP contribution in [0.1, 0.15) is 67.2 Å². The molecule has 1 saturated heterocycles. The van der Waals surface area contributed by atoms with E-state index in [0.717, 1.165) is 44.7 Å². The van der Waals surface area contributed by atoms with Crippen molar-refractivity contribution < 1.29 is 14.6 Å². The minimum atomic E-state index is -0.480. The first-order valence-electron chi connectivity index (χ1n) is 10.8. The van der Waals surface area contributed by atoms with E-state index in [4.69, 9.17) is 9.73 Å². The van der Waals surface area contributed by atoms with Gasteiger partial charge in [-0.3, -0.25) is 4.99 Å². The zero-order valence-electron chi connectivity index (χ0n) is 19.2. The Kier molecular flexibility index (Phi) is 13.9. The van der Waals surface area contributed by atoms with Crippen LogP contribution in [-0.4, -0.2) is 66.5 Å². The lowest BCUT2D eigenvalue weighted by Crippen LogP contribution is -2.53. The number of likely N-dealkylation sites (tertiary alicyclic amines) is 1. The van der Waals surface area contributed by atoms with Gasteiger partial charge >= 0.3 is 6.09 Å². The first-order chi connectivity index (χ1) is 13.1. The first-order valence-corrected chi connectivity index (χ1v) is 10.8. The summed E-state index contributed by atoms with van der Waals surface area (Å²) >= 11 is 0. The molecule has 1 aliphatic rings. The van der Waals surface area contributed by atoms with E-state index < -0.39 is 5.60 Å². The fourth-order valence-electron chi connectivity index (χ4n) is 3.45. The van der Waals surface area contributed by atoms with Gasteiger partial charge in [0.1, 0.15) is 5.60 Å². The lowest BCUT2D eigenvalue weighted by molar-refractivity contribution is 0.0193. The van der Waals surface area contributed by atoms with Crippen LogP contribution in [0, 0.1) is 11.8 Å². The Balaban J connectivity index is 0.00000784. The molecular formula is C21H43IN4O3. The third-order valence-electron chi connectivity index (χ3n) is 4.61. The Bertz CT molecular complexity index is 495. The van der Waals surface area contributed by atoms with E-state index in [-0.39, 0.29) is 42.7 Å². The molecule has 0 saturated carbocycles. The lowest BCUT2D eigenvalue weighted by Gasteiger charge is -2.35. The summed E-state index contributed by atoms with van der Waals surface area (Å²) in [6.07, 6.45) is 3.52. The second-order valence-electron chi connectivity index (χ2n) is 9.14. The van der Waals surface area contributed by atoms with E-state index >= 15 is 0 Å². The number of carbonyl (C=O) groups excluding carboxylic acids is 1. The molecule has 0 aromatic rings. The highest BCUT2D eigenvalue weighted by atomic mass is 127. The molecule has 0 aromatic heterocycles. The topological polar surface area (TPSA) is 86.2 Å². The molecule has 1 heterocycles. The third-order valence-corrected chi connectivity index (χ3v) is 4.61. The van der Waals surface area contributed by atoms with E-state index in [1.165, 1.54) is 0 Å². The number of aliphatic hydroxyl groups excluding tert-OH is 1. The average Bonchev–Trinajstić information content (AvgIpc) is 2.58. The van der Waals surface area contributed by atoms with Gasteiger partial charge in [0.15, 0.2) is 5.96 Å². The second kappa shape index (κ2) is 14.3. The predicted molar refractivity (Wildman–Crippen MR) is 130 cm³/mol. The number of rotatable bonds is 8. The van der Waals surface area contributed by atoms with Crippen LogP contribution in [0.15, 0.2) is 4.99 Å². The minimum Gasteiger partial charge on any atom is -0.444 e. The maximum absolute atomic E-state index is 12.4. The van der Waals surface area contributed by atoms with Crippen LogP contribution in [0.25, 0.3) is 0 Å². The van der Waals surface area contributed by atoms with Gasteiger partial charge in [0.05, 0.1) is 0 Å². The molecule has 0 aromatic carbocycles. The van der Waals surface area contributed by atoms with Crippen LogP contribution in [0.4, 0.5) is 4.79 Å². The molecule has 1 rings (SSSR count). The van der Waals surface area contributed by atoms with Crippen molar-refractivity contribution in [1.82, 2.24) is 15.5 Å². The van der Waals surface area contributed by atoms with Gasteiger partial charge in [-0.25, -0.2) is 4.79 Å². The normalized spacial score (nSPS) is 18.8. The van der Waals surface area contributed by atoms with Crippen molar-refractivity contribution >= 4 is 36.0 Å². The van der Waals surface area contributed by atoms with Gasteiger partial charge in [-0.05, 0) is 65.2 Å². The van der Waals surface area contributed by atoms with Gasteiger partial charge < -0.3 is 25.4 Å². The lowest BCUT2D eigenvalue weighted by atomic mass is 9.94. The van der Waals surface area contributed by atoms with Crippen LogP contribution < -0.4 is 10.6 Å². The van der Waals surface area contributed by atoms with Gasteiger partial charge in [-0.2, -0.15) is 0 Å². The molecule has 7 nitrogen and oxygen atoms in total. The zero-order chi connectivity index (χ0) is 21.2. The molecule has 0 radical (unpaired) electrons. The monoisotopic (exact) mass is 526 g/mol. The molecule has 3 N–H and O–H groups in total. The van der Waals surface area contributed by atoms with Crippen LogP contribution in [0.3, 0.4) is 0 Å². The zero-order valence-corrected chi connectivity index (χ0v) is 21.5.